The van der Waals surface area contributed by atoms with Crippen molar-refractivity contribution < 1.29 is 18.3 Å². The minimum atomic E-state index is -4.54. The summed E-state index contributed by atoms with van der Waals surface area (Å²) in [6, 6.07) is 0.835. The van der Waals surface area contributed by atoms with Gasteiger partial charge in [0.15, 0.2) is 5.69 Å². The molecule has 1 fully saturated rings. The molecule has 1 aliphatic carbocycles. The molecule has 0 aliphatic heterocycles. The Morgan fingerprint density at radius 1 is 1.37 bits per heavy atom. The van der Waals surface area contributed by atoms with E-state index < -0.39 is 17.8 Å². The molecule has 0 bridgehead atoms. The SMILES string of the molecule is Nc1nc(NCC2CCC(O)C2)cc(C(F)(F)F)n1. The zero-order valence-electron chi connectivity index (χ0n) is 10.1. The fourth-order valence-corrected chi connectivity index (χ4v) is 2.18. The summed E-state index contributed by atoms with van der Waals surface area (Å²) in [5.74, 6) is -0.120. The summed E-state index contributed by atoms with van der Waals surface area (Å²) in [6.45, 7) is 0.463. The van der Waals surface area contributed by atoms with Gasteiger partial charge in [-0.1, -0.05) is 0 Å². The zero-order chi connectivity index (χ0) is 14.0. The summed E-state index contributed by atoms with van der Waals surface area (Å²) in [5, 5.41) is 12.2. The Morgan fingerprint density at radius 3 is 2.68 bits per heavy atom. The van der Waals surface area contributed by atoms with Gasteiger partial charge in [0, 0.05) is 12.6 Å². The first kappa shape index (κ1) is 13.9. The van der Waals surface area contributed by atoms with Gasteiger partial charge in [-0.05, 0) is 25.2 Å². The molecule has 19 heavy (non-hydrogen) atoms. The molecule has 0 radical (unpaired) electrons. The van der Waals surface area contributed by atoms with Gasteiger partial charge in [-0.25, -0.2) is 4.98 Å². The van der Waals surface area contributed by atoms with E-state index in [0.29, 0.717) is 13.0 Å². The van der Waals surface area contributed by atoms with Gasteiger partial charge in [0.25, 0.3) is 0 Å². The highest BCUT2D eigenvalue weighted by Crippen LogP contribution is 2.30. The maximum Gasteiger partial charge on any atom is 0.433 e. The second-order valence-electron chi connectivity index (χ2n) is 4.71. The van der Waals surface area contributed by atoms with Crippen LogP contribution in [0.3, 0.4) is 0 Å². The van der Waals surface area contributed by atoms with Crippen LogP contribution in [0.2, 0.25) is 0 Å². The fraction of sp³-hybridized carbons (Fsp3) is 0.636. The molecule has 106 valence electrons. The van der Waals surface area contributed by atoms with Gasteiger partial charge in [0.2, 0.25) is 5.95 Å². The maximum absolute atomic E-state index is 12.5. The lowest BCUT2D eigenvalue weighted by atomic mass is 10.1. The number of aliphatic hydroxyl groups is 1. The highest BCUT2D eigenvalue weighted by atomic mass is 19.4. The molecule has 0 aromatic carbocycles. The number of aliphatic hydroxyl groups excluding tert-OH is 1. The summed E-state index contributed by atoms with van der Waals surface area (Å²) in [7, 11) is 0. The number of hydrogen-bond acceptors (Lipinski definition) is 5. The lowest BCUT2D eigenvalue weighted by molar-refractivity contribution is -0.141. The number of aromatic nitrogens is 2. The topological polar surface area (TPSA) is 84.1 Å². The molecule has 1 heterocycles. The Morgan fingerprint density at radius 2 is 2.11 bits per heavy atom. The van der Waals surface area contributed by atoms with Gasteiger partial charge in [-0.2, -0.15) is 18.2 Å². The third-order valence-corrected chi connectivity index (χ3v) is 3.12. The molecular weight excluding hydrogens is 261 g/mol. The number of hydrogen-bond donors (Lipinski definition) is 3. The van der Waals surface area contributed by atoms with E-state index in [1.54, 1.807) is 0 Å². The smallest absolute Gasteiger partial charge is 0.393 e. The van der Waals surface area contributed by atoms with Crippen molar-refractivity contribution in [3.8, 4) is 0 Å². The molecule has 2 atom stereocenters. The van der Waals surface area contributed by atoms with Crippen LogP contribution in [0.4, 0.5) is 24.9 Å². The molecule has 1 aromatic rings. The quantitative estimate of drug-likeness (QED) is 0.781. The van der Waals surface area contributed by atoms with E-state index >= 15 is 0 Å². The first-order chi connectivity index (χ1) is 8.84. The van der Waals surface area contributed by atoms with Crippen molar-refractivity contribution in [1.29, 1.82) is 0 Å². The van der Waals surface area contributed by atoms with Crippen LogP contribution in [0.1, 0.15) is 25.0 Å². The molecule has 0 spiro atoms. The van der Waals surface area contributed by atoms with Crippen molar-refractivity contribution in [2.45, 2.75) is 31.5 Å². The van der Waals surface area contributed by atoms with Crippen LogP contribution >= 0.6 is 0 Å². The zero-order valence-corrected chi connectivity index (χ0v) is 10.1. The Balaban J connectivity index is 2.02. The van der Waals surface area contributed by atoms with Crippen molar-refractivity contribution in [3.63, 3.8) is 0 Å². The van der Waals surface area contributed by atoms with E-state index in [2.05, 4.69) is 15.3 Å². The molecule has 0 saturated heterocycles. The van der Waals surface area contributed by atoms with E-state index in [4.69, 9.17) is 5.73 Å². The molecular formula is C11H15F3N4O. The number of halogens is 3. The summed E-state index contributed by atoms with van der Waals surface area (Å²) < 4.78 is 37.6. The monoisotopic (exact) mass is 276 g/mol. The standard InChI is InChI=1S/C11H15F3N4O/c12-11(13,14)8-4-9(18-10(15)17-8)16-5-6-1-2-7(19)3-6/h4,6-7,19H,1-3,5H2,(H3,15,16,17,18). The van der Waals surface area contributed by atoms with Crippen molar-refractivity contribution in [1.82, 2.24) is 9.97 Å². The second-order valence-corrected chi connectivity index (χ2v) is 4.71. The molecule has 5 nitrogen and oxygen atoms in total. The number of nitrogens with zero attached hydrogens (tertiary/aromatic N) is 2. The highest BCUT2D eigenvalue weighted by molar-refractivity contribution is 5.41. The van der Waals surface area contributed by atoms with Crippen molar-refractivity contribution in [2.75, 3.05) is 17.6 Å². The molecule has 1 saturated carbocycles. The molecule has 0 amide bonds. The number of nitrogens with one attached hydrogen (secondary N) is 1. The summed E-state index contributed by atoms with van der Waals surface area (Å²) in [4.78, 5) is 6.88. The van der Waals surface area contributed by atoms with Crippen LogP contribution in [0.5, 0.6) is 0 Å². The summed E-state index contributed by atoms with van der Waals surface area (Å²) >= 11 is 0. The molecule has 1 aliphatic rings. The van der Waals surface area contributed by atoms with Gasteiger partial charge in [0.1, 0.15) is 5.82 Å². The second kappa shape index (κ2) is 5.20. The van der Waals surface area contributed by atoms with Gasteiger partial charge >= 0.3 is 6.18 Å². The Kier molecular flexibility index (Phi) is 3.79. The van der Waals surface area contributed by atoms with E-state index in [1.165, 1.54) is 0 Å². The van der Waals surface area contributed by atoms with E-state index in [1.807, 2.05) is 0 Å². The Hall–Kier alpha value is -1.57. The summed E-state index contributed by atoms with van der Waals surface area (Å²) in [6.07, 6.45) is -2.63. The lowest BCUT2D eigenvalue weighted by Crippen LogP contribution is -2.16. The Labute approximate surface area is 108 Å². The minimum Gasteiger partial charge on any atom is -0.393 e. The number of nitrogen functional groups attached to an aromatic ring is 1. The molecule has 1 aromatic heterocycles. The molecule has 4 N–H and O–H groups in total. The number of rotatable bonds is 3. The lowest BCUT2D eigenvalue weighted by Gasteiger charge is -2.13. The van der Waals surface area contributed by atoms with Gasteiger partial charge in [-0.15, -0.1) is 0 Å². The van der Waals surface area contributed by atoms with Crippen molar-refractivity contribution in [2.24, 2.45) is 5.92 Å². The number of nitrogens with two attached hydrogens (primary N) is 1. The minimum absolute atomic E-state index is 0.0567. The average Bonchev–Trinajstić information content (AvgIpc) is 2.71. The van der Waals surface area contributed by atoms with Crippen LogP contribution in [-0.4, -0.2) is 27.7 Å². The molecule has 2 unspecified atom stereocenters. The first-order valence-corrected chi connectivity index (χ1v) is 5.98. The summed E-state index contributed by atoms with van der Waals surface area (Å²) in [5.41, 5.74) is 4.20. The van der Waals surface area contributed by atoms with Crippen LogP contribution < -0.4 is 11.1 Å². The van der Waals surface area contributed by atoms with Gasteiger partial charge in [0.05, 0.1) is 6.10 Å². The highest BCUT2D eigenvalue weighted by Gasteiger charge is 2.33. The normalized spacial score (nSPS) is 23.6. The van der Waals surface area contributed by atoms with Crippen LogP contribution in [-0.2, 0) is 6.18 Å². The Bertz CT molecular complexity index is 452. The van der Waals surface area contributed by atoms with E-state index in [0.717, 1.165) is 18.9 Å². The van der Waals surface area contributed by atoms with Crippen molar-refractivity contribution >= 4 is 11.8 Å². The van der Waals surface area contributed by atoms with Crippen LogP contribution in [0.25, 0.3) is 0 Å². The number of alkyl halides is 3. The van der Waals surface area contributed by atoms with E-state index in [-0.39, 0.29) is 17.8 Å². The predicted octanol–water partition coefficient (Wildman–Crippen LogP) is 1.65. The fourth-order valence-electron chi connectivity index (χ4n) is 2.18. The van der Waals surface area contributed by atoms with Crippen LogP contribution in [0.15, 0.2) is 6.07 Å². The molecule has 8 heteroatoms. The predicted molar refractivity (Wildman–Crippen MR) is 63.3 cm³/mol. The molecule has 2 rings (SSSR count). The average molecular weight is 276 g/mol. The van der Waals surface area contributed by atoms with Gasteiger partial charge < -0.3 is 16.2 Å². The van der Waals surface area contributed by atoms with Crippen molar-refractivity contribution in [3.05, 3.63) is 11.8 Å². The maximum atomic E-state index is 12.5. The third-order valence-electron chi connectivity index (χ3n) is 3.12. The third kappa shape index (κ3) is 3.69. The van der Waals surface area contributed by atoms with Crippen LogP contribution in [0, 0.1) is 5.92 Å². The van der Waals surface area contributed by atoms with E-state index in [9.17, 15) is 18.3 Å². The number of anilines is 2. The largest absolute Gasteiger partial charge is 0.433 e. The first-order valence-electron chi connectivity index (χ1n) is 5.98. The van der Waals surface area contributed by atoms with Gasteiger partial charge in [-0.3, -0.25) is 0 Å².